The van der Waals surface area contributed by atoms with Gasteiger partial charge in [-0.05, 0) is 43.3 Å². The summed E-state index contributed by atoms with van der Waals surface area (Å²) in [5.74, 6) is 0.185. The van der Waals surface area contributed by atoms with E-state index in [1.165, 1.54) is 5.56 Å². The zero-order chi connectivity index (χ0) is 18.1. The first-order chi connectivity index (χ1) is 12.1. The van der Waals surface area contributed by atoms with E-state index in [1.807, 2.05) is 24.5 Å². The Bertz CT molecular complexity index is 594. The molecule has 2 N–H and O–H groups in total. The molecule has 0 aromatic heterocycles. The fourth-order valence-electron chi connectivity index (χ4n) is 2.68. The number of hydrogen-bond donors (Lipinski definition) is 2. The van der Waals surface area contributed by atoms with Gasteiger partial charge in [0.25, 0.3) is 5.91 Å². The van der Waals surface area contributed by atoms with E-state index >= 15 is 0 Å². The maximum atomic E-state index is 12.1. The molecular weight excluding hydrogens is 338 g/mol. The Morgan fingerprint density at radius 3 is 2.72 bits per heavy atom. The summed E-state index contributed by atoms with van der Waals surface area (Å²) in [7, 11) is 0. The predicted molar refractivity (Wildman–Crippen MR) is 99.4 cm³/mol. The van der Waals surface area contributed by atoms with Crippen molar-refractivity contribution in [3.63, 3.8) is 0 Å². The van der Waals surface area contributed by atoms with E-state index in [0.29, 0.717) is 13.0 Å². The molecule has 0 bridgehead atoms. The Hall–Kier alpha value is -2.02. The molecule has 1 heterocycles. The molecular formula is C18H25N3O3S. The molecule has 0 aliphatic carbocycles. The summed E-state index contributed by atoms with van der Waals surface area (Å²) in [5, 5.41) is 5.41. The molecule has 7 heteroatoms. The smallest absolute Gasteiger partial charge is 0.325 e. The lowest BCUT2D eigenvalue weighted by Gasteiger charge is -2.13. The molecule has 1 aromatic rings. The normalized spacial score (nSPS) is 16.8. The van der Waals surface area contributed by atoms with E-state index in [-0.39, 0.29) is 18.4 Å². The van der Waals surface area contributed by atoms with Gasteiger partial charge in [0, 0.05) is 6.54 Å². The minimum atomic E-state index is -0.501. The van der Waals surface area contributed by atoms with Crippen molar-refractivity contribution < 1.29 is 14.4 Å². The number of nitrogens with one attached hydrogen (secondary N) is 2. The molecule has 0 saturated carbocycles. The largest absolute Gasteiger partial charge is 0.355 e. The van der Waals surface area contributed by atoms with Crippen LogP contribution in [0, 0.1) is 0 Å². The first kappa shape index (κ1) is 19.3. The minimum absolute atomic E-state index is 0.209. The van der Waals surface area contributed by atoms with Gasteiger partial charge in [0.15, 0.2) is 0 Å². The highest BCUT2D eigenvalue weighted by atomic mass is 32.2. The number of rotatable bonds is 10. The van der Waals surface area contributed by atoms with Crippen LogP contribution in [0.1, 0.15) is 24.8 Å². The topological polar surface area (TPSA) is 78.5 Å². The molecule has 1 aliphatic rings. The summed E-state index contributed by atoms with van der Waals surface area (Å²) in [6, 6.07) is 9.22. The Morgan fingerprint density at radius 2 is 2.00 bits per heavy atom. The standard InChI is InChI=1S/C18H25N3O3S/c1-25-12-10-15-17(23)21(18(24)20-15)13-16(22)19-11-6-5-9-14-7-3-2-4-8-14/h2-4,7-8,15H,5-6,9-13H2,1H3,(H,19,22)(H,20,24)/t15-/m1/s1. The maximum absolute atomic E-state index is 12.1. The number of carbonyl (C=O) groups is 3. The predicted octanol–water partition coefficient (Wildman–Crippen LogP) is 1.80. The molecule has 2 rings (SSSR count). The number of unbranched alkanes of at least 4 members (excludes halogenated alkanes) is 1. The summed E-state index contributed by atoms with van der Waals surface area (Å²) in [6.07, 6.45) is 5.34. The highest BCUT2D eigenvalue weighted by molar-refractivity contribution is 7.98. The van der Waals surface area contributed by atoms with Crippen LogP contribution in [0.15, 0.2) is 30.3 Å². The highest BCUT2D eigenvalue weighted by Gasteiger charge is 2.38. The second-order valence-electron chi connectivity index (χ2n) is 6.00. The Morgan fingerprint density at radius 1 is 1.24 bits per heavy atom. The molecule has 136 valence electrons. The van der Waals surface area contributed by atoms with Crippen molar-refractivity contribution in [2.24, 2.45) is 0 Å². The van der Waals surface area contributed by atoms with Gasteiger partial charge in [0.1, 0.15) is 12.6 Å². The van der Waals surface area contributed by atoms with Crippen molar-refractivity contribution in [3.8, 4) is 0 Å². The SMILES string of the molecule is CSCC[C@H]1NC(=O)N(CC(=O)NCCCCc2ccccc2)C1=O. The van der Waals surface area contributed by atoms with Gasteiger partial charge in [-0.25, -0.2) is 4.79 Å². The van der Waals surface area contributed by atoms with Crippen molar-refractivity contribution in [2.75, 3.05) is 25.1 Å². The van der Waals surface area contributed by atoms with Crippen molar-refractivity contribution in [2.45, 2.75) is 31.7 Å². The van der Waals surface area contributed by atoms with Crippen LogP contribution in [-0.4, -0.2) is 53.9 Å². The Labute approximate surface area is 152 Å². The van der Waals surface area contributed by atoms with Crippen molar-refractivity contribution in [1.29, 1.82) is 0 Å². The van der Waals surface area contributed by atoms with Crippen LogP contribution >= 0.6 is 11.8 Å². The van der Waals surface area contributed by atoms with E-state index in [4.69, 9.17) is 0 Å². The number of benzene rings is 1. The quantitative estimate of drug-likeness (QED) is 0.491. The van der Waals surface area contributed by atoms with Crippen molar-refractivity contribution in [1.82, 2.24) is 15.5 Å². The Balaban J connectivity index is 1.64. The number of thioether (sulfide) groups is 1. The van der Waals surface area contributed by atoms with Gasteiger partial charge in [-0.1, -0.05) is 30.3 Å². The summed E-state index contributed by atoms with van der Waals surface area (Å²) in [4.78, 5) is 36.9. The molecule has 6 nitrogen and oxygen atoms in total. The fourth-order valence-corrected chi connectivity index (χ4v) is 3.16. The monoisotopic (exact) mass is 363 g/mol. The van der Waals surface area contributed by atoms with Gasteiger partial charge >= 0.3 is 6.03 Å². The molecule has 0 unspecified atom stereocenters. The molecule has 1 atom stereocenters. The van der Waals surface area contributed by atoms with E-state index in [2.05, 4.69) is 22.8 Å². The van der Waals surface area contributed by atoms with Crippen LogP contribution in [0.5, 0.6) is 0 Å². The van der Waals surface area contributed by atoms with Crippen LogP contribution < -0.4 is 10.6 Å². The lowest BCUT2D eigenvalue weighted by Crippen LogP contribution is -2.41. The number of urea groups is 1. The van der Waals surface area contributed by atoms with Gasteiger partial charge in [-0.2, -0.15) is 11.8 Å². The number of aryl methyl sites for hydroxylation is 1. The van der Waals surface area contributed by atoms with E-state index in [9.17, 15) is 14.4 Å². The van der Waals surface area contributed by atoms with Crippen LogP contribution in [0.4, 0.5) is 4.79 Å². The first-order valence-electron chi connectivity index (χ1n) is 8.53. The third kappa shape index (κ3) is 6.08. The van der Waals surface area contributed by atoms with Crippen LogP contribution in [-0.2, 0) is 16.0 Å². The van der Waals surface area contributed by atoms with Crippen LogP contribution in [0.25, 0.3) is 0 Å². The average Bonchev–Trinajstić information content (AvgIpc) is 2.88. The number of hydrogen-bond acceptors (Lipinski definition) is 4. The van der Waals surface area contributed by atoms with Gasteiger partial charge < -0.3 is 10.6 Å². The highest BCUT2D eigenvalue weighted by Crippen LogP contribution is 2.11. The number of imide groups is 1. The average molecular weight is 363 g/mol. The van der Waals surface area contributed by atoms with Gasteiger partial charge in [-0.15, -0.1) is 0 Å². The summed E-state index contributed by atoms with van der Waals surface area (Å²) >= 11 is 1.62. The van der Waals surface area contributed by atoms with Crippen LogP contribution in [0.2, 0.25) is 0 Å². The molecule has 1 aromatic carbocycles. The lowest BCUT2D eigenvalue weighted by atomic mass is 10.1. The number of carbonyl (C=O) groups excluding carboxylic acids is 3. The lowest BCUT2D eigenvalue weighted by molar-refractivity contribution is -0.132. The zero-order valence-corrected chi connectivity index (χ0v) is 15.3. The van der Waals surface area contributed by atoms with Crippen LogP contribution in [0.3, 0.4) is 0 Å². The molecule has 0 spiro atoms. The second-order valence-corrected chi connectivity index (χ2v) is 6.99. The number of amides is 4. The van der Waals surface area contributed by atoms with Gasteiger partial charge in [0.2, 0.25) is 5.91 Å². The maximum Gasteiger partial charge on any atom is 0.325 e. The molecule has 0 radical (unpaired) electrons. The van der Waals surface area contributed by atoms with Gasteiger partial charge in [-0.3, -0.25) is 14.5 Å². The van der Waals surface area contributed by atoms with E-state index in [0.717, 1.165) is 29.9 Å². The third-order valence-corrected chi connectivity index (χ3v) is 4.72. The molecule has 4 amide bonds. The third-order valence-electron chi connectivity index (χ3n) is 4.08. The summed E-state index contributed by atoms with van der Waals surface area (Å²) in [6.45, 7) is 0.338. The second kappa shape index (κ2) is 10.1. The Kier molecular flexibility index (Phi) is 7.78. The minimum Gasteiger partial charge on any atom is -0.355 e. The zero-order valence-electron chi connectivity index (χ0n) is 14.5. The fraction of sp³-hybridized carbons (Fsp3) is 0.500. The molecule has 25 heavy (non-hydrogen) atoms. The number of nitrogens with zero attached hydrogens (tertiary/aromatic N) is 1. The first-order valence-corrected chi connectivity index (χ1v) is 9.92. The molecule has 1 saturated heterocycles. The van der Waals surface area contributed by atoms with E-state index in [1.54, 1.807) is 11.8 Å². The summed E-state index contributed by atoms with van der Waals surface area (Å²) in [5.41, 5.74) is 1.28. The van der Waals surface area contributed by atoms with Crippen molar-refractivity contribution >= 4 is 29.6 Å². The van der Waals surface area contributed by atoms with Gasteiger partial charge in [0.05, 0.1) is 0 Å². The van der Waals surface area contributed by atoms with Crippen molar-refractivity contribution in [3.05, 3.63) is 35.9 Å². The summed E-state index contributed by atoms with van der Waals surface area (Å²) < 4.78 is 0. The molecule has 1 aliphatic heterocycles. The van der Waals surface area contributed by atoms with E-state index < -0.39 is 12.1 Å². The molecule has 1 fully saturated rings.